The Hall–Kier alpha value is -3.78. The third-order valence-corrected chi connectivity index (χ3v) is 5.93. The van der Waals surface area contributed by atoms with Crippen molar-refractivity contribution in [3.8, 4) is 16.9 Å². The number of nitrogens with one attached hydrogen (secondary N) is 2. The maximum atomic E-state index is 13.3. The number of hydrogen-bond donors (Lipinski definition) is 3. The number of halogens is 3. The number of alkyl halides is 3. The Labute approximate surface area is 200 Å². The van der Waals surface area contributed by atoms with Gasteiger partial charge in [0.05, 0.1) is 17.7 Å². The van der Waals surface area contributed by atoms with E-state index in [1.165, 1.54) is 12.1 Å². The number of rotatable bonds is 7. The van der Waals surface area contributed by atoms with Gasteiger partial charge >= 0.3 is 6.36 Å². The van der Waals surface area contributed by atoms with Crippen LogP contribution >= 0.6 is 0 Å². The van der Waals surface area contributed by atoms with Crippen molar-refractivity contribution in [1.82, 2.24) is 10.3 Å². The molecule has 1 heterocycles. The van der Waals surface area contributed by atoms with Gasteiger partial charge in [-0.2, -0.15) is 0 Å². The van der Waals surface area contributed by atoms with Crippen molar-refractivity contribution in [2.75, 3.05) is 6.61 Å². The first-order valence-electron chi connectivity index (χ1n) is 11.0. The number of aliphatic hydroxyl groups excluding tert-OH is 1. The summed E-state index contributed by atoms with van der Waals surface area (Å²) < 4.78 is 43.4. The van der Waals surface area contributed by atoms with Crippen LogP contribution in [0.3, 0.4) is 0 Å². The molecule has 0 bridgehead atoms. The van der Waals surface area contributed by atoms with Crippen LogP contribution in [0.4, 0.5) is 13.2 Å². The molecular weight excluding hydrogens is 457 g/mol. The number of aromatic nitrogens is 1. The Bertz CT molecular complexity index is 1360. The number of amides is 1. The Kier molecular flexibility index (Phi) is 6.58. The second kappa shape index (κ2) is 9.46. The summed E-state index contributed by atoms with van der Waals surface area (Å²) in [5.41, 5.74) is 2.60. The number of H-pyrrole nitrogens is 1. The van der Waals surface area contributed by atoms with Crippen LogP contribution in [0.2, 0.25) is 0 Å². The van der Waals surface area contributed by atoms with Crippen molar-refractivity contribution in [3.63, 3.8) is 0 Å². The van der Waals surface area contributed by atoms with E-state index in [1.807, 2.05) is 55.5 Å². The van der Waals surface area contributed by atoms with E-state index in [-0.39, 0.29) is 12.0 Å². The van der Waals surface area contributed by atoms with Crippen LogP contribution in [0.1, 0.15) is 28.4 Å². The van der Waals surface area contributed by atoms with Gasteiger partial charge in [0.2, 0.25) is 0 Å². The predicted molar refractivity (Wildman–Crippen MR) is 128 cm³/mol. The minimum Gasteiger partial charge on any atom is -0.405 e. The van der Waals surface area contributed by atoms with E-state index in [2.05, 4.69) is 15.0 Å². The molecule has 4 rings (SSSR count). The zero-order valence-electron chi connectivity index (χ0n) is 19.2. The number of ether oxygens (including phenoxy) is 1. The van der Waals surface area contributed by atoms with Crippen LogP contribution < -0.4 is 10.1 Å². The molecule has 1 aromatic heterocycles. The monoisotopic (exact) mass is 482 g/mol. The molecule has 0 saturated heterocycles. The molecule has 3 N–H and O–H groups in total. The van der Waals surface area contributed by atoms with Crippen LogP contribution in [0, 0.1) is 6.92 Å². The molecule has 0 aliphatic carbocycles. The van der Waals surface area contributed by atoms with Crippen LogP contribution in [-0.2, 0) is 6.42 Å². The van der Waals surface area contributed by atoms with Crippen LogP contribution in [0.15, 0.2) is 72.9 Å². The summed E-state index contributed by atoms with van der Waals surface area (Å²) in [5, 5.41) is 13.8. The second-order valence-corrected chi connectivity index (χ2v) is 8.78. The van der Waals surface area contributed by atoms with Gasteiger partial charge in [-0.15, -0.1) is 13.2 Å². The third-order valence-electron chi connectivity index (χ3n) is 5.93. The van der Waals surface area contributed by atoms with Gasteiger partial charge in [-0.1, -0.05) is 48.5 Å². The molecule has 1 atom stereocenters. The Morgan fingerprint density at radius 1 is 1.06 bits per heavy atom. The van der Waals surface area contributed by atoms with E-state index in [9.17, 15) is 23.1 Å². The van der Waals surface area contributed by atoms with Crippen LogP contribution in [-0.4, -0.2) is 34.5 Å². The largest absolute Gasteiger partial charge is 0.573 e. The summed E-state index contributed by atoms with van der Waals surface area (Å²) in [6.45, 7) is 3.09. The smallest absolute Gasteiger partial charge is 0.405 e. The van der Waals surface area contributed by atoms with Gasteiger partial charge < -0.3 is 20.1 Å². The number of fused-ring (bicyclic) bond motifs is 1. The topological polar surface area (TPSA) is 74.3 Å². The van der Waals surface area contributed by atoms with E-state index in [1.54, 1.807) is 13.1 Å². The Morgan fingerprint density at radius 2 is 1.77 bits per heavy atom. The zero-order chi connectivity index (χ0) is 25.2. The summed E-state index contributed by atoms with van der Waals surface area (Å²) in [5.74, 6) is -1.39. The highest BCUT2D eigenvalue weighted by Crippen LogP contribution is 2.32. The van der Waals surface area contributed by atoms with Gasteiger partial charge in [-0.05, 0) is 60.7 Å². The average Bonchev–Trinajstić information content (AvgIpc) is 3.21. The SMILES string of the molecule is Cc1ccccc1-c1ccc(OC(F)(F)F)c(C(=O)NC(C)(CO)Cc2c[nH]c3ccccc23)c1. The van der Waals surface area contributed by atoms with Gasteiger partial charge in [0.25, 0.3) is 5.91 Å². The first-order valence-corrected chi connectivity index (χ1v) is 11.0. The number of benzene rings is 3. The average molecular weight is 483 g/mol. The Balaban J connectivity index is 1.68. The first-order chi connectivity index (χ1) is 16.6. The minimum atomic E-state index is -4.97. The van der Waals surface area contributed by atoms with Gasteiger partial charge in [-0.25, -0.2) is 0 Å². The van der Waals surface area contributed by atoms with Crippen molar-refractivity contribution in [3.05, 3.63) is 89.6 Å². The molecule has 0 fully saturated rings. The molecule has 4 aromatic rings. The number of carbonyl (C=O) groups is 1. The fourth-order valence-corrected chi connectivity index (χ4v) is 4.16. The molecule has 1 unspecified atom stereocenters. The quantitative estimate of drug-likeness (QED) is 0.313. The van der Waals surface area contributed by atoms with Gasteiger partial charge in [0.1, 0.15) is 5.75 Å². The molecule has 0 saturated carbocycles. The summed E-state index contributed by atoms with van der Waals surface area (Å²) in [6.07, 6.45) is -2.92. The molecule has 0 spiro atoms. The summed E-state index contributed by atoms with van der Waals surface area (Å²) >= 11 is 0. The molecule has 1 amide bonds. The lowest BCUT2D eigenvalue weighted by Gasteiger charge is -2.29. The van der Waals surface area contributed by atoms with E-state index < -0.39 is 30.2 Å². The van der Waals surface area contributed by atoms with Gasteiger partial charge in [0.15, 0.2) is 0 Å². The number of aromatic amines is 1. The van der Waals surface area contributed by atoms with Crippen LogP contribution in [0.5, 0.6) is 5.75 Å². The van der Waals surface area contributed by atoms with Crippen molar-refractivity contribution in [2.45, 2.75) is 32.2 Å². The maximum absolute atomic E-state index is 13.3. The standard InChI is InChI=1S/C27H25F3N2O3/c1-17-7-3-4-8-20(17)18-11-12-24(35-27(28,29)30)22(13-18)25(34)32-26(2,16-33)14-19-15-31-23-10-6-5-9-21(19)23/h3-13,15,31,33H,14,16H2,1-2H3,(H,32,34). The highest BCUT2D eigenvalue weighted by molar-refractivity contribution is 5.99. The van der Waals surface area contributed by atoms with Crippen LogP contribution in [0.25, 0.3) is 22.0 Å². The third kappa shape index (κ3) is 5.49. The fraction of sp³-hybridized carbons (Fsp3) is 0.222. The number of aliphatic hydroxyl groups is 1. The van der Waals surface area contributed by atoms with E-state index in [0.717, 1.165) is 33.7 Å². The molecule has 8 heteroatoms. The first kappa shape index (κ1) is 24.3. The molecule has 0 aliphatic rings. The summed E-state index contributed by atoms with van der Waals surface area (Å²) in [4.78, 5) is 16.5. The second-order valence-electron chi connectivity index (χ2n) is 8.78. The highest BCUT2D eigenvalue weighted by Gasteiger charge is 2.34. The zero-order valence-corrected chi connectivity index (χ0v) is 19.2. The summed E-state index contributed by atoms with van der Waals surface area (Å²) in [6, 6.07) is 19.0. The number of hydrogen-bond acceptors (Lipinski definition) is 3. The highest BCUT2D eigenvalue weighted by atomic mass is 19.4. The van der Waals surface area contributed by atoms with Crippen molar-refractivity contribution >= 4 is 16.8 Å². The van der Waals surface area contributed by atoms with E-state index >= 15 is 0 Å². The van der Waals surface area contributed by atoms with Crippen molar-refractivity contribution < 1.29 is 27.8 Å². The molecule has 3 aromatic carbocycles. The number of aryl methyl sites for hydroxylation is 1. The van der Waals surface area contributed by atoms with Crippen molar-refractivity contribution in [1.29, 1.82) is 0 Å². The van der Waals surface area contributed by atoms with E-state index in [0.29, 0.717) is 5.56 Å². The molecular formula is C27H25F3N2O3. The maximum Gasteiger partial charge on any atom is 0.573 e. The molecule has 182 valence electrons. The lowest BCUT2D eigenvalue weighted by atomic mass is 9.92. The number of para-hydroxylation sites is 1. The fourth-order valence-electron chi connectivity index (χ4n) is 4.16. The Morgan fingerprint density at radius 3 is 2.49 bits per heavy atom. The number of carbonyl (C=O) groups excluding carboxylic acids is 1. The normalized spacial score (nSPS) is 13.4. The molecule has 0 aliphatic heterocycles. The molecule has 5 nitrogen and oxygen atoms in total. The van der Waals surface area contributed by atoms with Crippen molar-refractivity contribution in [2.24, 2.45) is 0 Å². The minimum absolute atomic E-state index is 0.256. The van der Waals surface area contributed by atoms with E-state index in [4.69, 9.17) is 0 Å². The van der Waals surface area contributed by atoms with Gasteiger partial charge in [-0.3, -0.25) is 4.79 Å². The summed E-state index contributed by atoms with van der Waals surface area (Å²) in [7, 11) is 0. The van der Waals surface area contributed by atoms with Gasteiger partial charge in [0, 0.05) is 17.1 Å². The predicted octanol–water partition coefficient (Wildman–Crippen LogP) is 5.77. The molecule has 0 radical (unpaired) electrons. The lowest BCUT2D eigenvalue weighted by Crippen LogP contribution is -2.50. The lowest BCUT2D eigenvalue weighted by molar-refractivity contribution is -0.274. The molecule has 35 heavy (non-hydrogen) atoms.